The monoisotopic (exact) mass is 278 g/mol. The highest BCUT2D eigenvalue weighted by Gasteiger charge is 2.31. The molecule has 1 aromatic rings. The van der Waals surface area contributed by atoms with E-state index in [0.717, 1.165) is 24.3 Å². The highest BCUT2D eigenvalue weighted by Crippen LogP contribution is 2.37. The zero-order valence-electron chi connectivity index (χ0n) is 13.0. The number of nitrogens with zero attached hydrogens (tertiary/aromatic N) is 1. The van der Waals surface area contributed by atoms with Crippen LogP contribution in [0.4, 0.5) is 10.1 Å². The van der Waals surface area contributed by atoms with E-state index < -0.39 is 0 Å². The molecule has 1 fully saturated rings. The Morgan fingerprint density at radius 1 is 1.35 bits per heavy atom. The van der Waals surface area contributed by atoms with E-state index in [1.165, 1.54) is 25.7 Å². The van der Waals surface area contributed by atoms with Crippen LogP contribution in [0.2, 0.25) is 0 Å². The number of rotatable bonds is 8. The van der Waals surface area contributed by atoms with Crippen molar-refractivity contribution in [1.29, 1.82) is 0 Å². The van der Waals surface area contributed by atoms with Gasteiger partial charge in [-0.1, -0.05) is 26.3 Å². The summed E-state index contributed by atoms with van der Waals surface area (Å²) < 4.78 is 14.3. The molecule has 20 heavy (non-hydrogen) atoms. The fourth-order valence-corrected chi connectivity index (χ4v) is 2.83. The summed E-state index contributed by atoms with van der Waals surface area (Å²) in [5.74, 6) is -0.0851. The van der Waals surface area contributed by atoms with Crippen LogP contribution >= 0.6 is 0 Å². The Bertz CT molecular complexity index is 429. The second kappa shape index (κ2) is 7.07. The molecule has 3 heteroatoms. The van der Waals surface area contributed by atoms with Crippen LogP contribution < -0.4 is 10.2 Å². The molecule has 1 unspecified atom stereocenters. The zero-order valence-corrected chi connectivity index (χ0v) is 13.0. The van der Waals surface area contributed by atoms with Crippen molar-refractivity contribution in [2.45, 2.75) is 58.5 Å². The highest BCUT2D eigenvalue weighted by atomic mass is 19.1. The van der Waals surface area contributed by atoms with E-state index in [1.54, 1.807) is 6.07 Å². The largest absolute Gasteiger partial charge is 0.368 e. The number of hydrogen-bond donors (Lipinski definition) is 1. The van der Waals surface area contributed by atoms with Crippen LogP contribution in [0.15, 0.2) is 18.2 Å². The van der Waals surface area contributed by atoms with Gasteiger partial charge in [0.15, 0.2) is 0 Å². The van der Waals surface area contributed by atoms with Gasteiger partial charge in [0, 0.05) is 29.9 Å². The Balaban J connectivity index is 2.30. The summed E-state index contributed by atoms with van der Waals surface area (Å²) in [5.41, 5.74) is 1.92. The lowest BCUT2D eigenvalue weighted by atomic mass is 10.0. The summed E-state index contributed by atoms with van der Waals surface area (Å²) in [7, 11) is 0. The number of unbranched alkanes of at least 4 members (excludes halogenated alkanes) is 1. The summed E-state index contributed by atoms with van der Waals surface area (Å²) in [6, 6.07) is 6.18. The van der Waals surface area contributed by atoms with Crippen molar-refractivity contribution in [3.63, 3.8) is 0 Å². The van der Waals surface area contributed by atoms with Crippen LogP contribution in [0.5, 0.6) is 0 Å². The molecule has 0 spiro atoms. The van der Waals surface area contributed by atoms with Gasteiger partial charge in [0.05, 0.1) is 0 Å². The van der Waals surface area contributed by atoms with E-state index in [0.29, 0.717) is 6.04 Å². The molecule has 0 heterocycles. The number of nitrogens with one attached hydrogen (secondary N) is 1. The molecule has 1 atom stereocenters. The SMILES string of the molecule is CCCCN(c1cccc(F)c1C(C)NCC)C1CC1. The normalized spacial score (nSPS) is 16.2. The van der Waals surface area contributed by atoms with Gasteiger partial charge in [0.1, 0.15) is 5.82 Å². The molecule has 2 rings (SSSR count). The van der Waals surface area contributed by atoms with Gasteiger partial charge in [-0.05, 0) is 44.9 Å². The van der Waals surface area contributed by atoms with E-state index in [4.69, 9.17) is 0 Å². The van der Waals surface area contributed by atoms with Crippen molar-refractivity contribution in [2.24, 2.45) is 0 Å². The van der Waals surface area contributed by atoms with Gasteiger partial charge in [-0.2, -0.15) is 0 Å². The molecule has 1 saturated carbocycles. The van der Waals surface area contributed by atoms with Crippen LogP contribution in [-0.2, 0) is 0 Å². The predicted octanol–water partition coefficient (Wildman–Crippen LogP) is 4.27. The first-order valence-corrected chi connectivity index (χ1v) is 7.97. The van der Waals surface area contributed by atoms with Crippen molar-refractivity contribution in [1.82, 2.24) is 5.32 Å². The van der Waals surface area contributed by atoms with Crippen LogP contribution in [0.3, 0.4) is 0 Å². The van der Waals surface area contributed by atoms with E-state index >= 15 is 0 Å². The van der Waals surface area contributed by atoms with Crippen LogP contribution in [-0.4, -0.2) is 19.1 Å². The first-order chi connectivity index (χ1) is 9.69. The maximum Gasteiger partial charge on any atom is 0.130 e. The average Bonchev–Trinajstić information content (AvgIpc) is 3.24. The molecule has 112 valence electrons. The topological polar surface area (TPSA) is 15.3 Å². The summed E-state index contributed by atoms with van der Waals surface area (Å²) in [6.07, 6.45) is 4.84. The van der Waals surface area contributed by atoms with E-state index in [1.807, 2.05) is 6.07 Å². The van der Waals surface area contributed by atoms with E-state index in [-0.39, 0.29) is 11.9 Å². The minimum Gasteiger partial charge on any atom is -0.368 e. The van der Waals surface area contributed by atoms with Gasteiger partial charge in [-0.25, -0.2) is 4.39 Å². The molecule has 1 aromatic carbocycles. The van der Waals surface area contributed by atoms with E-state index in [9.17, 15) is 4.39 Å². The molecule has 1 aliphatic rings. The molecule has 0 radical (unpaired) electrons. The van der Waals surface area contributed by atoms with E-state index in [2.05, 4.69) is 37.1 Å². The van der Waals surface area contributed by atoms with Crippen molar-refractivity contribution >= 4 is 5.69 Å². The highest BCUT2D eigenvalue weighted by molar-refractivity contribution is 5.57. The number of benzene rings is 1. The molecule has 0 bridgehead atoms. The van der Waals surface area contributed by atoms with Gasteiger partial charge >= 0.3 is 0 Å². The number of hydrogen-bond acceptors (Lipinski definition) is 2. The molecule has 0 saturated heterocycles. The van der Waals surface area contributed by atoms with Crippen LogP contribution in [0.1, 0.15) is 58.1 Å². The lowest BCUT2D eigenvalue weighted by Gasteiger charge is -2.29. The maximum atomic E-state index is 14.3. The molecule has 0 aliphatic heterocycles. The molecular formula is C17H27FN2. The lowest BCUT2D eigenvalue weighted by Crippen LogP contribution is -2.30. The Morgan fingerprint density at radius 3 is 2.70 bits per heavy atom. The third kappa shape index (κ3) is 3.51. The fraction of sp³-hybridized carbons (Fsp3) is 0.647. The Kier molecular flexibility index (Phi) is 5.41. The number of halogens is 1. The molecular weight excluding hydrogens is 251 g/mol. The van der Waals surface area contributed by atoms with Crippen molar-refractivity contribution in [2.75, 3.05) is 18.0 Å². The third-order valence-corrected chi connectivity index (χ3v) is 4.02. The molecule has 1 aliphatic carbocycles. The molecule has 0 aromatic heterocycles. The zero-order chi connectivity index (χ0) is 14.5. The molecule has 1 N–H and O–H groups in total. The summed E-state index contributed by atoms with van der Waals surface area (Å²) in [5, 5.41) is 3.35. The lowest BCUT2D eigenvalue weighted by molar-refractivity contribution is 0.538. The van der Waals surface area contributed by atoms with Crippen molar-refractivity contribution < 1.29 is 4.39 Å². The van der Waals surface area contributed by atoms with Crippen LogP contribution in [0, 0.1) is 5.82 Å². The summed E-state index contributed by atoms with van der Waals surface area (Å²) >= 11 is 0. The second-order valence-electron chi connectivity index (χ2n) is 5.73. The minimum absolute atomic E-state index is 0.0547. The Morgan fingerprint density at radius 2 is 2.10 bits per heavy atom. The quantitative estimate of drug-likeness (QED) is 0.764. The predicted molar refractivity (Wildman–Crippen MR) is 83.8 cm³/mol. The Hall–Kier alpha value is -1.09. The smallest absolute Gasteiger partial charge is 0.130 e. The molecule has 0 amide bonds. The van der Waals surface area contributed by atoms with Crippen molar-refractivity contribution in [3.8, 4) is 0 Å². The minimum atomic E-state index is -0.0851. The van der Waals surface area contributed by atoms with Gasteiger partial charge in [-0.15, -0.1) is 0 Å². The standard InChI is InChI=1S/C17H27FN2/c1-4-6-12-20(14-10-11-14)16-9-7-8-15(18)17(16)13(3)19-5-2/h7-9,13-14,19H,4-6,10-12H2,1-3H3. The van der Waals surface area contributed by atoms with Gasteiger partial charge in [-0.3, -0.25) is 0 Å². The van der Waals surface area contributed by atoms with Crippen molar-refractivity contribution in [3.05, 3.63) is 29.6 Å². The summed E-state index contributed by atoms with van der Waals surface area (Å²) in [6.45, 7) is 8.21. The fourth-order valence-electron chi connectivity index (χ4n) is 2.83. The van der Waals surface area contributed by atoms with Crippen LogP contribution in [0.25, 0.3) is 0 Å². The third-order valence-electron chi connectivity index (χ3n) is 4.02. The van der Waals surface area contributed by atoms with Gasteiger partial charge in [0.25, 0.3) is 0 Å². The van der Waals surface area contributed by atoms with Gasteiger partial charge in [0.2, 0.25) is 0 Å². The summed E-state index contributed by atoms with van der Waals surface area (Å²) in [4.78, 5) is 2.43. The molecule has 2 nitrogen and oxygen atoms in total. The Labute approximate surface area is 122 Å². The van der Waals surface area contributed by atoms with Gasteiger partial charge < -0.3 is 10.2 Å². The first-order valence-electron chi connectivity index (χ1n) is 7.97. The maximum absolute atomic E-state index is 14.3. The first kappa shape index (κ1) is 15.3. The second-order valence-corrected chi connectivity index (χ2v) is 5.73. The average molecular weight is 278 g/mol. The number of anilines is 1.